The van der Waals surface area contributed by atoms with Crippen LogP contribution in [0.4, 0.5) is 16.2 Å². The topological polar surface area (TPSA) is 72.9 Å². The summed E-state index contributed by atoms with van der Waals surface area (Å²) in [6.45, 7) is 1.33. The number of carbonyl (C=O) groups excluding carboxylic acids is 1. The van der Waals surface area contributed by atoms with E-state index in [1.165, 1.54) is 0 Å². The molecule has 3 aromatic rings. The number of pyridine rings is 1. The largest absolute Gasteiger partial charge is 0.495 e. The Hall–Kier alpha value is -3.74. The molecule has 0 radical (unpaired) electrons. The van der Waals surface area contributed by atoms with E-state index in [4.69, 9.17) is 14.2 Å². The number of hydrogen-bond acceptors (Lipinski definition) is 5. The average Bonchev–Trinajstić information content (AvgIpc) is 2.78. The lowest BCUT2D eigenvalue weighted by Gasteiger charge is -2.26. The standard InChI is InChI=1S/C22H21N3O4/c1-27-19-7-3-2-6-18(19)24-22(26)25(15-16-5-4-10-23-14-16)17-8-9-20-21(13-17)29-12-11-28-20/h2-10,13-14H,11-12,15H2,1H3,(H,24,26). The Morgan fingerprint density at radius 2 is 1.93 bits per heavy atom. The van der Waals surface area contributed by atoms with Gasteiger partial charge in [-0.1, -0.05) is 18.2 Å². The van der Waals surface area contributed by atoms with Gasteiger partial charge >= 0.3 is 6.03 Å². The van der Waals surface area contributed by atoms with E-state index in [0.29, 0.717) is 48.4 Å². The number of fused-ring (bicyclic) bond motifs is 1. The lowest BCUT2D eigenvalue weighted by molar-refractivity contribution is 0.171. The number of carbonyl (C=O) groups is 1. The Balaban J connectivity index is 1.65. The molecule has 0 saturated carbocycles. The third-order valence-electron chi connectivity index (χ3n) is 4.49. The number of ether oxygens (including phenoxy) is 3. The maximum absolute atomic E-state index is 13.2. The predicted octanol–water partition coefficient (Wildman–Crippen LogP) is 4.10. The first-order valence-corrected chi connectivity index (χ1v) is 9.24. The van der Waals surface area contributed by atoms with Gasteiger partial charge in [0, 0.05) is 24.1 Å². The van der Waals surface area contributed by atoms with Crippen molar-refractivity contribution >= 4 is 17.4 Å². The molecule has 0 spiro atoms. The zero-order valence-electron chi connectivity index (χ0n) is 16.0. The summed E-state index contributed by atoms with van der Waals surface area (Å²) in [4.78, 5) is 19.0. The van der Waals surface area contributed by atoms with Gasteiger partial charge < -0.3 is 19.5 Å². The van der Waals surface area contributed by atoms with Gasteiger partial charge in [0.2, 0.25) is 0 Å². The summed E-state index contributed by atoms with van der Waals surface area (Å²) >= 11 is 0. The number of urea groups is 1. The first-order valence-electron chi connectivity index (χ1n) is 9.24. The number of amides is 2. The van der Waals surface area contributed by atoms with Crippen molar-refractivity contribution in [2.45, 2.75) is 6.54 Å². The van der Waals surface area contributed by atoms with E-state index >= 15 is 0 Å². The van der Waals surface area contributed by atoms with Crippen molar-refractivity contribution in [1.82, 2.24) is 4.98 Å². The van der Waals surface area contributed by atoms with Crippen LogP contribution < -0.4 is 24.4 Å². The molecule has 0 fully saturated rings. The Labute approximate surface area is 168 Å². The Morgan fingerprint density at radius 1 is 1.10 bits per heavy atom. The van der Waals surface area contributed by atoms with Crippen LogP contribution in [0.1, 0.15) is 5.56 Å². The quantitative estimate of drug-likeness (QED) is 0.709. The highest BCUT2D eigenvalue weighted by Crippen LogP contribution is 2.35. The molecule has 1 aliphatic rings. The molecule has 2 amide bonds. The molecule has 1 aromatic heterocycles. The van der Waals surface area contributed by atoms with E-state index in [-0.39, 0.29) is 6.03 Å². The molecule has 4 rings (SSSR count). The summed E-state index contributed by atoms with van der Waals surface area (Å²) in [5.41, 5.74) is 2.18. The van der Waals surface area contributed by atoms with Crippen LogP contribution in [0.5, 0.6) is 17.2 Å². The highest BCUT2D eigenvalue weighted by atomic mass is 16.6. The zero-order chi connectivity index (χ0) is 20.1. The number of anilines is 2. The molecule has 1 aliphatic heterocycles. The molecule has 2 heterocycles. The van der Waals surface area contributed by atoms with Gasteiger partial charge in [0.05, 0.1) is 19.3 Å². The van der Waals surface area contributed by atoms with Crippen molar-refractivity contribution in [1.29, 1.82) is 0 Å². The second-order valence-corrected chi connectivity index (χ2v) is 6.41. The predicted molar refractivity (Wildman–Crippen MR) is 110 cm³/mol. The molecule has 0 atom stereocenters. The van der Waals surface area contributed by atoms with Crippen LogP contribution in [0, 0.1) is 0 Å². The number of methoxy groups -OCH3 is 1. The second-order valence-electron chi connectivity index (χ2n) is 6.41. The lowest BCUT2D eigenvalue weighted by atomic mass is 10.2. The van der Waals surface area contributed by atoms with Crippen molar-refractivity contribution < 1.29 is 19.0 Å². The summed E-state index contributed by atoms with van der Waals surface area (Å²) in [5.74, 6) is 1.88. The molecular weight excluding hydrogens is 370 g/mol. The van der Waals surface area contributed by atoms with Crippen molar-refractivity contribution in [2.75, 3.05) is 30.5 Å². The number of para-hydroxylation sites is 2. The highest BCUT2D eigenvalue weighted by Gasteiger charge is 2.21. The molecule has 1 N–H and O–H groups in total. The van der Waals surface area contributed by atoms with Gasteiger partial charge in [-0.05, 0) is 35.9 Å². The Bertz CT molecular complexity index is 994. The van der Waals surface area contributed by atoms with Crippen molar-refractivity contribution in [3.63, 3.8) is 0 Å². The van der Waals surface area contributed by atoms with E-state index in [2.05, 4.69) is 10.3 Å². The molecule has 29 heavy (non-hydrogen) atoms. The van der Waals surface area contributed by atoms with E-state index in [9.17, 15) is 4.79 Å². The maximum atomic E-state index is 13.2. The SMILES string of the molecule is COc1ccccc1NC(=O)N(Cc1cccnc1)c1ccc2c(c1)OCCO2. The summed E-state index contributed by atoms with van der Waals surface area (Å²) in [5, 5.41) is 2.93. The molecular formula is C22H21N3O4. The van der Waals surface area contributed by atoms with E-state index in [1.807, 2.05) is 42.5 Å². The lowest BCUT2D eigenvalue weighted by Crippen LogP contribution is -2.34. The fraction of sp³-hybridized carbons (Fsp3) is 0.182. The number of aromatic nitrogens is 1. The van der Waals surface area contributed by atoms with Crippen molar-refractivity contribution in [3.8, 4) is 17.2 Å². The van der Waals surface area contributed by atoms with Gasteiger partial charge in [0.1, 0.15) is 19.0 Å². The van der Waals surface area contributed by atoms with Crippen molar-refractivity contribution in [2.24, 2.45) is 0 Å². The van der Waals surface area contributed by atoms with Crippen LogP contribution in [0.15, 0.2) is 67.0 Å². The molecule has 0 bridgehead atoms. The maximum Gasteiger partial charge on any atom is 0.326 e. The van der Waals surface area contributed by atoms with Gasteiger partial charge in [0.15, 0.2) is 11.5 Å². The smallest absolute Gasteiger partial charge is 0.326 e. The molecule has 0 saturated heterocycles. The zero-order valence-corrected chi connectivity index (χ0v) is 16.0. The number of nitrogens with one attached hydrogen (secondary N) is 1. The van der Waals surface area contributed by atoms with Gasteiger partial charge in [0.25, 0.3) is 0 Å². The van der Waals surface area contributed by atoms with Crippen LogP contribution in [-0.2, 0) is 6.54 Å². The first-order chi connectivity index (χ1) is 14.2. The number of benzene rings is 2. The summed E-state index contributed by atoms with van der Waals surface area (Å²) in [6, 6.07) is 16.2. The Kier molecular flexibility index (Phi) is 5.47. The Morgan fingerprint density at radius 3 is 2.72 bits per heavy atom. The third-order valence-corrected chi connectivity index (χ3v) is 4.49. The summed E-state index contributed by atoms with van der Waals surface area (Å²) in [7, 11) is 1.57. The molecule has 2 aromatic carbocycles. The number of hydrogen-bond donors (Lipinski definition) is 1. The van der Waals surface area contributed by atoms with E-state index < -0.39 is 0 Å². The summed E-state index contributed by atoms with van der Waals surface area (Å²) < 4.78 is 16.6. The summed E-state index contributed by atoms with van der Waals surface area (Å²) in [6.07, 6.45) is 3.44. The highest BCUT2D eigenvalue weighted by molar-refractivity contribution is 6.02. The monoisotopic (exact) mass is 391 g/mol. The van der Waals surface area contributed by atoms with E-state index in [1.54, 1.807) is 36.5 Å². The van der Waals surface area contributed by atoms with Gasteiger partial charge in [-0.25, -0.2) is 4.79 Å². The fourth-order valence-electron chi connectivity index (χ4n) is 3.09. The average molecular weight is 391 g/mol. The minimum atomic E-state index is -0.296. The minimum absolute atomic E-state index is 0.296. The van der Waals surface area contributed by atoms with E-state index in [0.717, 1.165) is 5.56 Å². The van der Waals surface area contributed by atoms with Crippen molar-refractivity contribution in [3.05, 3.63) is 72.6 Å². The molecule has 148 valence electrons. The van der Waals surface area contributed by atoms with Crippen LogP contribution in [-0.4, -0.2) is 31.3 Å². The number of nitrogens with zero attached hydrogens (tertiary/aromatic N) is 2. The van der Waals surface area contributed by atoms with Gasteiger partial charge in [-0.15, -0.1) is 0 Å². The first kappa shape index (κ1) is 18.6. The van der Waals surface area contributed by atoms with Crippen LogP contribution in [0.3, 0.4) is 0 Å². The van der Waals surface area contributed by atoms with Crippen LogP contribution in [0.25, 0.3) is 0 Å². The molecule has 7 nitrogen and oxygen atoms in total. The minimum Gasteiger partial charge on any atom is -0.495 e. The fourth-order valence-corrected chi connectivity index (χ4v) is 3.09. The van der Waals surface area contributed by atoms with Crippen LogP contribution >= 0.6 is 0 Å². The number of rotatable bonds is 5. The van der Waals surface area contributed by atoms with Crippen LogP contribution in [0.2, 0.25) is 0 Å². The third kappa shape index (κ3) is 4.24. The van der Waals surface area contributed by atoms with Gasteiger partial charge in [-0.2, -0.15) is 0 Å². The molecule has 0 unspecified atom stereocenters. The molecule has 7 heteroatoms. The van der Waals surface area contributed by atoms with Gasteiger partial charge in [-0.3, -0.25) is 9.88 Å². The second kappa shape index (κ2) is 8.52. The molecule has 0 aliphatic carbocycles. The normalized spacial score (nSPS) is 12.2.